The maximum absolute atomic E-state index is 12.6. The summed E-state index contributed by atoms with van der Waals surface area (Å²) in [5, 5.41) is 23.3. The molecule has 0 aliphatic heterocycles. The van der Waals surface area contributed by atoms with E-state index in [1.54, 1.807) is 6.08 Å². The number of carbonyl (C=O) groups excluding carboxylic acids is 2. The predicted octanol–water partition coefficient (Wildman–Crippen LogP) is 27.4. The highest BCUT2D eigenvalue weighted by atomic mass is 16.5. The van der Waals surface area contributed by atoms with Gasteiger partial charge in [0.2, 0.25) is 5.91 Å². The molecule has 0 bridgehead atoms. The predicted molar refractivity (Wildman–Crippen MR) is 398 cm³/mol. The van der Waals surface area contributed by atoms with Crippen molar-refractivity contribution in [1.82, 2.24) is 5.32 Å². The van der Waals surface area contributed by atoms with Gasteiger partial charge in [-0.05, 0) is 64.2 Å². The van der Waals surface area contributed by atoms with E-state index in [-0.39, 0.29) is 18.5 Å². The third-order valence-electron chi connectivity index (χ3n) is 19.4. The lowest BCUT2D eigenvalue weighted by Crippen LogP contribution is -2.45. The number of ether oxygens (including phenoxy) is 1. The second-order valence-corrected chi connectivity index (χ2v) is 28.5. The number of esters is 1. The minimum Gasteiger partial charge on any atom is -0.466 e. The zero-order valence-electron chi connectivity index (χ0n) is 61.1. The molecule has 2 unspecified atom stereocenters. The fourth-order valence-electron chi connectivity index (χ4n) is 13.1. The molecular formula is C84H161NO5. The summed E-state index contributed by atoms with van der Waals surface area (Å²) in [6.45, 7) is 4.94. The molecule has 0 spiro atoms. The molecule has 0 aromatic heterocycles. The van der Waals surface area contributed by atoms with Gasteiger partial charge in [0.1, 0.15) is 0 Å². The largest absolute Gasteiger partial charge is 0.466 e. The molecular weight excluding hydrogens is 1100 g/mol. The monoisotopic (exact) mass is 1260 g/mol. The van der Waals surface area contributed by atoms with Gasteiger partial charge in [0, 0.05) is 12.8 Å². The van der Waals surface area contributed by atoms with Crippen molar-refractivity contribution < 1.29 is 24.5 Å². The maximum Gasteiger partial charge on any atom is 0.305 e. The summed E-state index contributed by atoms with van der Waals surface area (Å²) >= 11 is 0. The van der Waals surface area contributed by atoms with Crippen molar-refractivity contribution in [2.45, 2.75) is 475 Å². The Kier molecular flexibility index (Phi) is 77.8. The summed E-state index contributed by atoms with van der Waals surface area (Å²) in [6, 6.07) is -0.627. The fraction of sp³-hybridized carbons (Fsp3) is 0.905. The van der Waals surface area contributed by atoms with E-state index in [0.717, 1.165) is 51.4 Å². The van der Waals surface area contributed by atoms with Crippen LogP contribution in [0.3, 0.4) is 0 Å². The van der Waals surface area contributed by atoms with Gasteiger partial charge in [-0.3, -0.25) is 9.59 Å². The van der Waals surface area contributed by atoms with E-state index in [9.17, 15) is 19.8 Å². The third kappa shape index (κ3) is 75.1. The summed E-state index contributed by atoms with van der Waals surface area (Å²) in [5.74, 6) is -0.0454. The van der Waals surface area contributed by atoms with Crippen LogP contribution in [-0.4, -0.2) is 47.4 Å². The summed E-state index contributed by atoms with van der Waals surface area (Å²) in [7, 11) is 0. The summed E-state index contributed by atoms with van der Waals surface area (Å²) < 4.78 is 5.51. The molecule has 0 aliphatic rings. The number of hydrogen-bond donors (Lipinski definition) is 3. The maximum atomic E-state index is 12.6. The first-order valence-electron chi connectivity index (χ1n) is 41.3. The van der Waals surface area contributed by atoms with Gasteiger partial charge in [-0.25, -0.2) is 0 Å². The number of aliphatic hydroxyl groups excluding tert-OH is 2. The standard InChI is InChI=1S/C84H161NO5/c1-3-5-7-9-11-13-15-17-19-21-23-24-25-32-35-38-41-44-48-52-56-60-64-68-72-76-82(87)81(80-86)85-83(88)77-73-69-65-61-57-53-49-45-42-39-36-33-30-28-26-27-29-31-34-37-40-43-47-51-55-59-63-67-71-75-79-90-84(89)78-74-70-66-62-58-54-50-46-22-20-18-16-14-12-10-8-6-4-2/h14,16,20,22,72,76,81-82,86-87H,3-13,15,17-19,21,23-71,73-75,77-80H2,1-2H3,(H,85,88)/b16-14-,22-20-,76-72+. The molecule has 1 amide bonds. The molecule has 0 rings (SSSR count). The molecule has 2 atom stereocenters. The zero-order valence-corrected chi connectivity index (χ0v) is 61.1. The van der Waals surface area contributed by atoms with E-state index in [0.29, 0.717) is 19.4 Å². The lowest BCUT2D eigenvalue weighted by molar-refractivity contribution is -0.143. The van der Waals surface area contributed by atoms with Crippen molar-refractivity contribution in [1.29, 1.82) is 0 Å². The SMILES string of the molecule is CCCCCC/C=C\C/C=C\CCCCCCCCCC(=O)OCCCCCCCCCCCCCCCCCCCCCCCCCCCCCCCCC(=O)NC(CO)C(O)/C=C/CCCCCCCCCCCCCCCCCCCCCCCCC. The Hall–Kier alpha value is -1.92. The quantitative estimate of drug-likeness (QED) is 0.0320. The Morgan fingerprint density at radius 3 is 0.856 bits per heavy atom. The fourth-order valence-corrected chi connectivity index (χ4v) is 13.1. The number of unbranched alkanes of at least 4 members (excludes halogenated alkanes) is 63. The van der Waals surface area contributed by atoms with E-state index in [2.05, 4.69) is 43.5 Å². The number of aliphatic hydroxyl groups is 2. The summed E-state index contributed by atoms with van der Waals surface area (Å²) in [5.41, 5.74) is 0. The van der Waals surface area contributed by atoms with Gasteiger partial charge in [-0.2, -0.15) is 0 Å². The van der Waals surface area contributed by atoms with Crippen LogP contribution in [0.1, 0.15) is 463 Å². The smallest absolute Gasteiger partial charge is 0.305 e. The highest BCUT2D eigenvalue weighted by Gasteiger charge is 2.18. The van der Waals surface area contributed by atoms with Crippen molar-refractivity contribution in [2.75, 3.05) is 13.2 Å². The van der Waals surface area contributed by atoms with Crippen LogP contribution in [0, 0.1) is 0 Å². The van der Waals surface area contributed by atoms with Crippen LogP contribution in [0.15, 0.2) is 36.5 Å². The number of hydrogen-bond acceptors (Lipinski definition) is 5. The minimum absolute atomic E-state index is 0.0134. The minimum atomic E-state index is -0.844. The number of carbonyl (C=O) groups is 2. The van der Waals surface area contributed by atoms with Crippen molar-refractivity contribution in [3.05, 3.63) is 36.5 Å². The molecule has 90 heavy (non-hydrogen) atoms. The number of allylic oxidation sites excluding steroid dienone is 5. The van der Waals surface area contributed by atoms with E-state index < -0.39 is 12.1 Å². The van der Waals surface area contributed by atoms with Crippen LogP contribution in [0.5, 0.6) is 0 Å². The topological polar surface area (TPSA) is 95.9 Å². The lowest BCUT2D eigenvalue weighted by Gasteiger charge is -2.20. The molecule has 6 nitrogen and oxygen atoms in total. The first kappa shape index (κ1) is 88.1. The number of nitrogens with one attached hydrogen (secondary N) is 1. The lowest BCUT2D eigenvalue weighted by atomic mass is 10.0. The molecule has 0 radical (unpaired) electrons. The first-order chi connectivity index (χ1) is 44.5. The van der Waals surface area contributed by atoms with E-state index in [1.165, 1.54) is 385 Å². The van der Waals surface area contributed by atoms with Gasteiger partial charge in [-0.15, -0.1) is 0 Å². The molecule has 3 N–H and O–H groups in total. The van der Waals surface area contributed by atoms with Crippen LogP contribution >= 0.6 is 0 Å². The van der Waals surface area contributed by atoms with Crippen LogP contribution in [-0.2, 0) is 14.3 Å². The number of rotatable bonds is 78. The van der Waals surface area contributed by atoms with Gasteiger partial charge in [0.25, 0.3) is 0 Å². The molecule has 0 heterocycles. The van der Waals surface area contributed by atoms with E-state index >= 15 is 0 Å². The molecule has 0 saturated heterocycles. The summed E-state index contributed by atoms with van der Waals surface area (Å²) in [4.78, 5) is 24.7. The molecule has 0 saturated carbocycles. The summed E-state index contributed by atoms with van der Waals surface area (Å²) in [6.07, 6.45) is 104. The molecule has 0 fully saturated rings. The van der Waals surface area contributed by atoms with Gasteiger partial charge in [-0.1, -0.05) is 423 Å². The average Bonchev–Trinajstić information content (AvgIpc) is 3.60. The highest BCUT2D eigenvalue weighted by Crippen LogP contribution is 2.20. The van der Waals surface area contributed by atoms with E-state index in [4.69, 9.17) is 4.74 Å². The highest BCUT2D eigenvalue weighted by molar-refractivity contribution is 5.76. The molecule has 0 aromatic rings. The molecule has 532 valence electrons. The van der Waals surface area contributed by atoms with Crippen molar-refractivity contribution in [3.8, 4) is 0 Å². The van der Waals surface area contributed by atoms with Crippen molar-refractivity contribution in [2.24, 2.45) is 0 Å². The Morgan fingerprint density at radius 2 is 0.556 bits per heavy atom. The first-order valence-corrected chi connectivity index (χ1v) is 41.3. The van der Waals surface area contributed by atoms with Gasteiger partial charge in [0.15, 0.2) is 0 Å². The molecule has 6 heteroatoms. The van der Waals surface area contributed by atoms with Gasteiger partial charge < -0.3 is 20.3 Å². The van der Waals surface area contributed by atoms with Crippen molar-refractivity contribution in [3.63, 3.8) is 0 Å². The van der Waals surface area contributed by atoms with Crippen LogP contribution < -0.4 is 5.32 Å². The zero-order chi connectivity index (χ0) is 64.9. The normalized spacial score (nSPS) is 12.6. The average molecular weight is 1270 g/mol. The Labute approximate surface area is 564 Å². The van der Waals surface area contributed by atoms with E-state index in [1.807, 2.05) is 6.08 Å². The Morgan fingerprint density at radius 1 is 0.311 bits per heavy atom. The second-order valence-electron chi connectivity index (χ2n) is 28.5. The molecule has 0 aromatic carbocycles. The molecule has 0 aliphatic carbocycles. The third-order valence-corrected chi connectivity index (χ3v) is 19.4. The second kappa shape index (κ2) is 79.5. The van der Waals surface area contributed by atoms with Crippen LogP contribution in [0.2, 0.25) is 0 Å². The van der Waals surface area contributed by atoms with Gasteiger partial charge >= 0.3 is 5.97 Å². The van der Waals surface area contributed by atoms with Crippen LogP contribution in [0.4, 0.5) is 0 Å². The number of amides is 1. The Balaban J connectivity index is 3.36. The van der Waals surface area contributed by atoms with Crippen LogP contribution in [0.25, 0.3) is 0 Å². The van der Waals surface area contributed by atoms with Crippen molar-refractivity contribution >= 4 is 11.9 Å². The van der Waals surface area contributed by atoms with Gasteiger partial charge in [0.05, 0.1) is 25.4 Å². The Bertz CT molecular complexity index is 1460.